The highest BCUT2D eigenvalue weighted by atomic mass is 16.4. The van der Waals surface area contributed by atoms with Gasteiger partial charge in [0.15, 0.2) is 0 Å². The molecule has 1 amide bonds. The first-order valence-electron chi connectivity index (χ1n) is 4.79. The van der Waals surface area contributed by atoms with Gasteiger partial charge in [0, 0.05) is 12.7 Å². The van der Waals surface area contributed by atoms with Crippen LogP contribution in [0, 0.1) is 0 Å². The molecule has 0 aliphatic heterocycles. The number of aliphatic carboxylic acids is 1. The van der Waals surface area contributed by atoms with Gasteiger partial charge in [0.05, 0.1) is 5.56 Å². The number of benzene rings is 1. The fraction of sp³-hybridized carbons (Fsp3) is 0.273. The largest absolute Gasteiger partial charge is 0.480 e. The maximum absolute atomic E-state index is 11.9. The minimum atomic E-state index is -1.05. The maximum atomic E-state index is 11.9. The SMILES string of the molecule is CC(C(=O)O)N(C)C(=O)c1ccccc1N. The lowest BCUT2D eigenvalue weighted by Gasteiger charge is -2.22. The van der Waals surface area contributed by atoms with E-state index in [9.17, 15) is 9.59 Å². The second-order valence-corrected chi connectivity index (χ2v) is 3.52. The molecule has 0 fully saturated rings. The summed E-state index contributed by atoms with van der Waals surface area (Å²) >= 11 is 0. The Bertz CT molecular complexity index is 417. The number of likely N-dealkylation sites (N-methyl/N-ethyl adjacent to an activating group) is 1. The zero-order valence-corrected chi connectivity index (χ0v) is 9.18. The number of nitrogens with zero attached hydrogens (tertiary/aromatic N) is 1. The average Bonchev–Trinajstić information content (AvgIpc) is 2.26. The van der Waals surface area contributed by atoms with Crippen LogP contribution < -0.4 is 5.73 Å². The zero-order valence-electron chi connectivity index (χ0n) is 9.18. The molecule has 0 radical (unpaired) electrons. The molecule has 0 spiro atoms. The molecule has 5 nitrogen and oxygen atoms in total. The molecule has 3 N–H and O–H groups in total. The molecule has 0 bridgehead atoms. The summed E-state index contributed by atoms with van der Waals surface area (Å²) < 4.78 is 0. The number of nitrogen functional groups attached to an aromatic ring is 1. The number of carboxylic acid groups (broad SMARTS) is 1. The van der Waals surface area contributed by atoms with Gasteiger partial charge in [0.25, 0.3) is 5.91 Å². The third-order valence-corrected chi connectivity index (χ3v) is 2.45. The average molecular weight is 222 g/mol. The van der Waals surface area contributed by atoms with Crippen LogP contribution in [0.2, 0.25) is 0 Å². The molecule has 86 valence electrons. The van der Waals surface area contributed by atoms with Crippen molar-refractivity contribution in [3.8, 4) is 0 Å². The third-order valence-electron chi connectivity index (χ3n) is 2.45. The second-order valence-electron chi connectivity index (χ2n) is 3.52. The number of anilines is 1. The van der Waals surface area contributed by atoms with E-state index in [0.717, 1.165) is 4.90 Å². The Kier molecular flexibility index (Phi) is 3.50. The van der Waals surface area contributed by atoms with Crippen LogP contribution >= 0.6 is 0 Å². The predicted octanol–water partition coefficient (Wildman–Crippen LogP) is 0.814. The molecule has 0 heterocycles. The monoisotopic (exact) mass is 222 g/mol. The number of hydrogen-bond acceptors (Lipinski definition) is 3. The van der Waals surface area contributed by atoms with Crippen molar-refractivity contribution < 1.29 is 14.7 Å². The first kappa shape index (κ1) is 12.0. The van der Waals surface area contributed by atoms with E-state index in [1.165, 1.54) is 14.0 Å². The Morgan fingerprint density at radius 2 is 1.94 bits per heavy atom. The molecule has 1 unspecified atom stereocenters. The van der Waals surface area contributed by atoms with Gasteiger partial charge < -0.3 is 15.7 Å². The van der Waals surface area contributed by atoms with Crippen LogP contribution in [-0.2, 0) is 4.79 Å². The lowest BCUT2D eigenvalue weighted by atomic mass is 10.1. The van der Waals surface area contributed by atoms with Crippen molar-refractivity contribution in [2.45, 2.75) is 13.0 Å². The number of para-hydroxylation sites is 1. The van der Waals surface area contributed by atoms with Gasteiger partial charge in [-0.05, 0) is 19.1 Å². The summed E-state index contributed by atoms with van der Waals surface area (Å²) in [5, 5.41) is 8.79. The maximum Gasteiger partial charge on any atom is 0.326 e. The Balaban J connectivity index is 2.95. The Morgan fingerprint density at radius 3 is 2.44 bits per heavy atom. The zero-order chi connectivity index (χ0) is 12.3. The highest BCUT2D eigenvalue weighted by Crippen LogP contribution is 2.14. The fourth-order valence-electron chi connectivity index (χ4n) is 1.22. The van der Waals surface area contributed by atoms with Crippen LogP contribution in [0.3, 0.4) is 0 Å². The highest BCUT2D eigenvalue weighted by molar-refractivity contribution is 6.00. The minimum absolute atomic E-state index is 0.318. The molecular weight excluding hydrogens is 208 g/mol. The molecule has 1 atom stereocenters. The van der Waals surface area contributed by atoms with Crippen molar-refractivity contribution in [1.82, 2.24) is 4.90 Å². The molecule has 1 rings (SSSR count). The Hall–Kier alpha value is -2.04. The molecule has 0 saturated carbocycles. The van der Waals surface area contributed by atoms with Crippen molar-refractivity contribution in [3.63, 3.8) is 0 Å². The van der Waals surface area contributed by atoms with Crippen molar-refractivity contribution in [2.75, 3.05) is 12.8 Å². The first-order valence-corrected chi connectivity index (χ1v) is 4.79. The minimum Gasteiger partial charge on any atom is -0.480 e. The van der Waals surface area contributed by atoms with Gasteiger partial charge in [-0.1, -0.05) is 12.1 Å². The van der Waals surface area contributed by atoms with Crippen LogP contribution in [-0.4, -0.2) is 35.0 Å². The number of nitrogens with two attached hydrogens (primary N) is 1. The lowest BCUT2D eigenvalue weighted by Crippen LogP contribution is -2.40. The quantitative estimate of drug-likeness (QED) is 0.741. The van der Waals surface area contributed by atoms with Gasteiger partial charge in [-0.15, -0.1) is 0 Å². The molecule has 5 heteroatoms. The summed E-state index contributed by atoms with van der Waals surface area (Å²) in [4.78, 5) is 23.8. The van der Waals surface area contributed by atoms with Gasteiger partial charge >= 0.3 is 5.97 Å². The third kappa shape index (κ3) is 2.31. The fourth-order valence-corrected chi connectivity index (χ4v) is 1.22. The number of amides is 1. The Morgan fingerprint density at radius 1 is 1.38 bits per heavy atom. The van der Waals surface area contributed by atoms with E-state index in [4.69, 9.17) is 10.8 Å². The van der Waals surface area contributed by atoms with Crippen molar-refractivity contribution in [3.05, 3.63) is 29.8 Å². The summed E-state index contributed by atoms with van der Waals surface area (Å²) in [6, 6.07) is 5.69. The summed E-state index contributed by atoms with van der Waals surface area (Å²) in [5.41, 5.74) is 6.30. The molecule has 16 heavy (non-hydrogen) atoms. The number of rotatable bonds is 3. The highest BCUT2D eigenvalue weighted by Gasteiger charge is 2.23. The van der Waals surface area contributed by atoms with E-state index in [1.807, 2.05) is 0 Å². The summed E-state index contributed by atoms with van der Waals surface area (Å²) in [6.45, 7) is 1.44. The van der Waals surface area contributed by atoms with E-state index < -0.39 is 17.9 Å². The Labute approximate surface area is 93.5 Å². The van der Waals surface area contributed by atoms with Gasteiger partial charge in [0.1, 0.15) is 6.04 Å². The first-order chi connectivity index (χ1) is 7.45. The van der Waals surface area contributed by atoms with E-state index >= 15 is 0 Å². The van der Waals surface area contributed by atoms with E-state index in [2.05, 4.69) is 0 Å². The molecule has 1 aromatic rings. The van der Waals surface area contributed by atoms with Crippen LogP contribution in [0.25, 0.3) is 0 Å². The lowest BCUT2D eigenvalue weighted by molar-refractivity contribution is -0.141. The topological polar surface area (TPSA) is 83.6 Å². The van der Waals surface area contributed by atoms with Gasteiger partial charge in [0.2, 0.25) is 0 Å². The number of carbonyl (C=O) groups is 2. The van der Waals surface area contributed by atoms with Crippen molar-refractivity contribution in [1.29, 1.82) is 0 Å². The van der Waals surface area contributed by atoms with Crippen LogP contribution in [0.5, 0.6) is 0 Å². The molecule has 1 aromatic carbocycles. The summed E-state index contributed by atoms with van der Waals surface area (Å²) in [6.07, 6.45) is 0. The van der Waals surface area contributed by atoms with Gasteiger partial charge in [-0.2, -0.15) is 0 Å². The summed E-state index contributed by atoms with van der Waals surface area (Å²) in [5.74, 6) is -1.45. The van der Waals surface area contributed by atoms with E-state index in [0.29, 0.717) is 11.3 Å². The molecule has 0 aliphatic rings. The standard InChI is InChI=1S/C11H14N2O3/c1-7(11(15)16)13(2)10(14)8-5-3-4-6-9(8)12/h3-7H,12H2,1-2H3,(H,15,16). The number of carboxylic acids is 1. The summed E-state index contributed by atoms with van der Waals surface area (Å²) in [7, 11) is 1.44. The van der Waals surface area contributed by atoms with Gasteiger partial charge in [-0.3, -0.25) is 4.79 Å². The molecular formula is C11H14N2O3. The smallest absolute Gasteiger partial charge is 0.326 e. The van der Waals surface area contributed by atoms with E-state index in [1.54, 1.807) is 24.3 Å². The molecule has 0 aliphatic carbocycles. The normalized spacial score (nSPS) is 11.9. The van der Waals surface area contributed by atoms with Crippen LogP contribution in [0.4, 0.5) is 5.69 Å². The molecule has 0 saturated heterocycles. The van der Waals surface area contributed by atoms with Crippen LogP contribution in [0.15, 0.2) is 24.3 Å². The number of hydrogen-bond donors (Lipinski definition) is 2. The van der Waals surface area contributed by atoms with Gasteiger partial charge in [-0.25, -0.2) is 4.79 Å². The van der Waals surface area contributed by atoms with Crippen molar-refractivity contribution >= 4 is 17.6 Å². The van der Waals surface area contributed by atoms with E-state index in [-0.39, 0.29) is 0 Å². The molecule has 0 aromatic heterocycles. The predicted molar refractivity (Wildman–Crippen MR) is 60.0 cm³/mol. The number of carbonyl (C=O) groups excluding carboxylic acids is 1. The second kappa shape index (κ2) is 4.65. The van der Waals surface area contributed by atoms with Crippen molar-refractivity contribution in [2.24, 2.45) is 0 Å². The van der Waals surface area contributed by atoms with Crippen LogP contribution in [0.1, 0.15) is 17.3 Å².